The van der Waals surface area contributed by atoms with E-state index in [0.717, 1.165) is 6.07 Å². The van der Waals surface area contributed by atoms with Crippen LogP contribution < -0.4 is 4.74 Å². The van der Waals surface area contributed by atoms with Crippen LogP contribution in [0.25, 0.3) is 0 Å². The Hall–Kier alpha value is -1.91. The summed E-state index contributed by atoms with van der Waals surface area (Å²) >= 11 is 0. The third-order valence-electron chi connectivity index (χ3n) is 1.77. The highest BCUT2D eigenvalue weighted by Gasteiger charge is 2.13. The summed E-state index contributed by atoms with van der Waals surface area (Å²) in [5, 5.41) is 11.9. The molecule has 0 heterocycles. The highest BCUT2D eigenvalue weighted by molar-refractivity contribution is 5.99. The number of nitrogens with zero attached hydrogens (tertiary/aromatic N) is 1. The summed E-state index contributed by atoms with van der Waals surface area (Å²) in [4.78, 5) is 21.4. The third kappa shape index (κ3) is 1.71. The van der Waals surface area contributed by atoms with Crippen molar-refractivity contribution in [3.8, 4) is 11.5 Å². The molecule has 14 heavy (non-hydrogen) atoms. The molecule has 0 aliphatic carbocycles. The molecule has 0 bridgehead atoms. The highest BCUT2D eigenvalue weighted by Crippen LogP contribution is 2.33. The fraction of sp³-hybridized carbons (Fsp3) is 0.222. The second kappa shape index (κ2) is 3.87. The maximum atomic E-state index is 11.1. The normalized spacial score (nSPS) is 9.57. The van der Waals surface area contributed by atoms with Crippen LogP contribution in [-0.4, -0.2) is 18.0 Å². The Labute approximate surface area is 80.3 Å². The zero-order valence-corrected chi connectivity index (χ0v) is 7.77. The van der Waals surface area contributed by atoms with Crippen LogP contribution in [0.2, 0.25) is 0 Å². The topological polar surface area (TPSA) is 76.0 Å². The Morgan fingerprint density at radius 3 is 2.57 bits per heavy atom. The first-order chi connectivity index (χ1) is 6.60. The molecule has 1 aromatic rings. The first-order valence-corrected chi connectivity index (χ1v) is 3.85. The van der Waals surface area contributed by atoms with Gasteiger partial charge in [0.05, 0.1) is 12.7 Å². The molecule has 0 saturated heterocycles. The van der Waals surface area contributed by atoms with E-state index in [-0.39, 0.29) is 28.5 Å². The first kappa shape index (κ1) is 10.2. The number of nitroso groups, excluding NO2 is 1. The molecular formula is C9H9NO4. The van der Waals surface area contributed by atoms with E-state index in [1.807, 2.05) is 0 Å². The van der Waals surface area contributed by atoms with Gasteiger partial charge in [0.15, 0.2) is 17.3 Å². The maximum Gasteiger partial charge on any atom is 0.162 e. The number of carbonyl (C=O) groups excluding carboxylic acids is 1. The van der Waals surface area contributed by atoms with E-state index >= 15 is 0 Å². The number of hydrogen-bond donors (Lipinski definition) is 1. The zero-order chi connectivity index (χ0) is 10.7. The molecule has 0 spiro atoms. The minimum absolute atomic E-state index is 0.0872. The quantitative estimate of drug-likeness (QED) is 0.591. The zero-order valence-electron chi connectivity index (χ0n) is 7.77. The van der Waals surface area contributed by atoms with Gasteiger partial charge in [-0.3, -0.25) is 4.79 Å². The molecule has 0 unspecified atom stereocenters. The van der Waals surface area contributed by atoms with E-state index < -0.39 is 0 Å². The smallest absolute Gasteiger partial charge is 0.162 e. The molecule has 0 radical (unpaired) electrons. The predicted octanol–water partition coefficient (Wildman–Crippen LogP) is 2.00. The van der Waals surface area contributed by atoms with Crippen molar-refractivity contribution in [1.29, 1.82) is 0 Å². The largest absolute Gasteiger partial charge is 0.504 e. The number of aromatic hydroxyl groups is 1. The molecule has 1 aromatic carbocycles. The van der Waals surface area contributed by atoms with Crippen LogP contribution in [0.15, 0.2) is 17.3 Å². The van der Waals surface area contributed by atoms with Crippen LogP contribution >= 0.6 is 0 Å². The van der Waals surface area contributed by atoms with Gasteiger partial charge in [-0.05, 0) is 18.2 Å². The Bertz CT molecular complexity index is 387. The third-order valence-corrected chi connectivity index (χ3v) is 1.77. The van der Waals surface area contributed by atoms with Crippen molar-refractivity contribution in [3.63, 3.8) is 0 Å². The average molecular weight is 195 g/mol. The molecule has 74 valence electrons. The lowest BCUT2D eigenvalue weighted by Gasteiger charge is -2.05. The lowest BCUT2D eigenvalue weighted by Crippen LogP contribution is -1.94. The van der Waals surface area contributed by atoms with Gasteiger partial charge in [-0.2, -0.15) is 0 Å². The highest BCUT2D eigenvalue weighted by atomic mass is 16.5. The number of carbonyl (C=O) groups is 1. The van der Waals surface area contributed by atoms with Crippen LogP contribution in [0.1, 0.15) is 17.3 Å². The van der Waals surface area contributed by atoms with Crippen molar-refractivity contribution in [2.45, 2.75) is 6.92 Å². The summed E-state index contributed by atoms with van der Waals surface area (Å²) in [5.41, 5.74) is 0.0467. The van der Waals surface area contributed by atoms with E-state index in [0.29, 0.717) is 0 Å². The summed E-state index contributed by atoms with van der Waals surface area (Å²) < 4.78 is 4.79. The molecule has 0 aliphatic rings. The molecule has 0 aromatic heterocycles. The van der Waals surface area contributed by atoms with Gasteiger partial charge >= 0.3 is 0 Å². The summed E-state index contributed by atoms with van der Waals surface area (Å²) in [6.07, 6.45) is 0. The van der Waals surface area contributed by atoms with Gasteiger partial charge in [0, 0.05) is 6.07 Å². The first-order valence-electron chi connectivity index (χ1n) is 3.85. The van der Waals surface area contributed by atoms with Crippen LogP contribution in [0.3, 0.4) is 0 Å². The van der Waals surface area contributed by atoms with Crippen molar-refractivity contribution < 1.29 is 14.6 Å². The van der Waals surface area contributed by atoms with Crippen molar-refractivity contribution in [3.05, 3.63) is 22.6 Å². The number of phenolic OH excluding ortho intramolecular Hbond substituents is 1. The number of ketones is 1. The molecular weight excluding hydrogens is 186 g/mol. The van der Waals surface area contributed by atoms with Gasteiger partial charge in [0.1, 0.15) is 5.69 Å². The molecule has 1 rings (SSSR count). The van der Waals surface area contributed by atoms with Crippen LogP contribution in [0.5, 0.6) is 11.5 Å². The second-order valence-electron chi connectivity index (χ2n) is 2.69. The molecule has 5 heteroatoms. The van der Waals surface area contributed by atoms with Crippen molar-refractivity contribution in [2.24, 2.45) is 5.18 Å². The van der Waals surface area contributed by atoms with Gasteiger partial charge in [0.2, 0.25) is 0 Å². The number of methoxy groups -OCH3 is 1. The van der Waals surface area contributed by atoms with Gasteiger partial charge < -0.3 is 9.84 Å². The Morgan fingerprint density at radius 2 is 2.14 bits per heavy atom. The lowest BCUT2D eigenvalue weighted by atomic mass is 10.1. The summed E-state index contributed by atoms with van der Waals surface area (Å²) in [7, 11) is 1.35. The second-order valence-corrected chi connectivity index (χ2v) is 2.69. The minimum atomic E-state index is -0.307. The molecule has 0 amide bonds. The van der Waals surface area contributed by atoms with Gasteiger partial charge in [-0.15, -0.1) is 4.91 Å². The standard InChI is InChI=1S/C9H9NO4/c1-5(11)6-3-9(14-2)8(12)4-7(6)10-13/h3-4,12H,1-2H3. The van der Waals surface area contributed by atoms with Crippen molar-refractivity contribution in [1.82, 2.24) is 0 Å². The van der Waals surface area contributed by atoms with Gasteiger partial charge in [-0.1, -0.05) is 0 Å². The average Bonchev–Trinajstić information content (AvgIpc) is 2.16. The predicted molar refractivity (Wildman–Crippen MR) is 50.1 cm³/mol. The van der Waals surface area contributed by atoms with E-state index in [2.05, 4.69) is 5.18 Å². The maximum absolute atomic E-state index is 11.1. The molecule has 1 N–H and O–H groups in total. The molecule has 0 aliphatic heterocycles. The summed E-state index contributed by atoms with van der Waals surface area (Å²) in [5.74, 6) is -0.382. The number of rotatable bonds is 3. The Kier molecular flexibility index (Phi) is 2.81. The van der Waals surface area contributed by atoms with Crippen LogP contribution in [-0.2, 0) is 0 Å². The molecule has 5 nitrogen and oxygen atoms in total. The minimum Gasteiger partial charge on any atom is -0.504 e. The van der Waals surface area contributed by atoms with E-state index in [9.17, 15) is 14.8 Å². The fourth-order valence-electron chi connectivity index (χ4n) is 1.08. The Balaban J connectivity index is 3.39. The number of ether oxygens (including phenoxy) is 1. The molecule has 0 atom stereocenters. The monoisotopic (exact) mass is 195 g/mol. The number of phenols is 1. The lowest BCUT2D eigenvalue weighted by molar-refractivity contribution is 0.101. The van der Waals surface area contributed by atoms with Crippen LogP contribution in [0.4, 0.5) is 5.69 Å². The number of hydrogen-bond acceptors (Lipinski definition) is 5. The summed E-state index contributed by atoms with van der Waals surface area (Å²) in [6, 6.07) is 2.39. The number of benzene rings is 1. The van der Waals surface area contributed by atoms with Gasteiger partial charge in [-0.25, -0.2) is 0 Å². The van der Waals surface area contributed by atoms with E-state index in [4.69, 9.17) is 4.74 Å². The van der Waals surface area contributed by atoms with Crippen molar-refractivity contribution >= 4 is 11.5 Å². The number of Topliss-reactive ketones (excluding diaryl/α,β-unsaturated/α-hetero) is 1. The SMILES string of the molecule is COc1cc(C(C)=O)c(N=O)cc1O. The van der Waals surface area contributed by atoms with Crippen molar-refractivity contribution in [2.75, 3.05) is 7.11 Å². The fourth-order valence-corrected chi connectivity index (χ4v) is 1.08. The van der Waals surface area contributed by atoms with Gasteiger partial charge in [0.25, 0.3) is 0 Å². The molecule has 0 saturated carbocycles. The van der Waals surface area contributed by atoms with E-state index in [1.165, 1.54) is 20.1 Å². The summed E-state index contributed by atoms with van der Waals surface area (Å²) in [6.45, 7) is 1.31. The molecule has 0 fully saturated rings. The van der Waals surface area contributed by atoms with E-state index in [1.54, 1.807) is 0 Å². The van der Waals surface area contributed by atoms with Crippen LogP contribution in [0, 0.1) is 4.91 Å². The Morgan fingerprint density at radius 1 is 1.50 bits per heavy atom.